The molecule has 1 N–H and O–H groups in total. The molecule has 4 rings (SSSR count). The number of hydrogen-bond donors (Lipinski definition) is 1. The zero-order valence-electron chi connectivity index (χ0n) is 11.7. The van der Waals surface area contributed by atoms with E-state index < -0.39 is 0 Å². The van der Waals surface area contributed by atoms with Crippen LogP contribution in [0.25, 0.3) is 23.0 Å². The number of nitrogens with zero attached hydrogens (tertiary/aromatic N) is 4. The number of benzene rings is 1. The van der Waals surface area contributed by atoms with Crippen LogP contribution in [0.4, 0.5) is 5.69 Å². The first-order valence-corrected chi connectivity index (χ1v) is 7.00. The van der Waals surface area contributed by atoms with Crippen molar-refractivity contribution in [1.82, 2.24) is 19.9 Å². The molecule has 0 fully saturated rings. The van der Waals surface area contributed by atoms with Crippen LogP contribution in [0, 0.1) is 0 Å². The molecule has 106 valence electrons. The Hall–Kier alpha value is -2.63. The lowest BCUT2D eigenvalue weighted by molar-refractivity contribution is 0.432. The van der Waals surface area contributed by atoms with Crippen LogP contribution < -0.4 is 5.32 Å². The van der Waals surface area contributed by atoms with E-state index in [2.05, 4.69) is 32.7 Å². The number of aromatic nitrogens is 4. The van der Waals surface area contributed by atoms with Crippen LogP contribution in [-0.4, -0.2) is 26.5 Å². The first-order chi connectivity index (χ1) is 10.3. The molecule has 0 atom stereocenters. The summed E-state index contributed by atoms with van der Waals surface area (Å²) in [6.07, 6.45) is 4.09. The second kappa shape index (κ2) is 4.73. The molecule has 0 unspecified atom stereocenters. The highest BCUT2D eigenvalue weighted by atomic mass is 16.5. The number of nitrogens with one attached hydrogen (secondary N) is 1. The van der Waals surface area contributed by atoms with Gasteiger partial charge in [0.2, 0.25) is 5.82 Å². The van der Waals surface area contributed by atoms with Gasteiger partial charge in [-0.2, -0.15) is 10.1 Å². The van der Waals surface area contributed by atoms with Crippen molar-refractivity contribution in [3.8, 4) is 23.0 Å². The number of aryl methyl sites for hydroxylation is 2. The predicted molar refractivity (Wildman–Crippen MR) is 78.7 cm³/mol. The van der Waals surface area contributed by atoms with E-state index >= 15 is 0 Å². The highest BCUT2D eigenvalue weighted by molar-refractivity contribution is 5.64. The fourth-order valence-corrected chi connectivity index (χ4v) is 2.59. The fourth-order valence-electron chi connectivity index (χ4n) is 2.59. The van der Waals surface area contributed by atoms with Crippen LogP contribution in [-0.2, 0) is 13.5 Å². The molecule has 1 aliphatic rings. The molecule has 0 saturated carbocycles. The van der Waals surface area contributed by atoms with Crippen molar-refractivity contribution in [2.45, 2.75) is 12.8 Å². The molecule has 2 aromatic heterocycles. The largest absolute Gasteiger partial charge is 0.385 e. The highest BCUT2D eigenvalue weighted by Crippen LogP contribution is 2.28. The average Bonchev–Trinajstić information content (AvgIpc) is 3.15. The summed E-state index contributed by atoms with van der Waals surface area (Å²) >= 11 is 0. The Morgan fingerprint density at radius 2 is 2.24 bits per heavy atom. The van der Waals surface area contributed by atoms with Gasteiger partial charge in [-0.3, -0.25) is 4.68 Å². The average molecular weight is 281 g/mol. The maximum Gasteiger partial charge on any atom is 0.258 e. The van der Waals surface area contributed by atoms with Gasteiger partial charge in [0.25, 0.3) is 5.89 Å². The number of hydrogen-bond acceptors (Lipinski definition) is 5. The zero-order chi connectivity index (χ0) is 14.2. The third-order valence-corrected chi connectivity index (χ3v) is 3.66. The van der Waals surface area contributed by atoms with Crippen LogP contribution in [0.3, 0.4) is 0 Å². The zero-order valence-corrected chi connectivity index (χ0v) is 11.7. The van der Waals surface area contributed by atoms with Gasteiger partial charge in [0.05, 0.1) is 0 Å². The van der Waals surface area contributed by atoms with Gasteiger partial charge >= 0.3 is 0 Å². The number of fused-ring (bicyclic) bond motifs is 1. The first kappa shape index (κ1) is 12.1. The van der Waals surface area contributed by atoms with Gasteiger partial charge in [0, 0.05) is 31.0 Å². The minimum atomic E-state index is 0.515. The van der Waals surface area contributed by atoms with Gasteiger partial charge in [-0.05, 0) is 42.7 Å². The molecule has 1 aromatic carbocycles. The molecule has 0 spiro atoms. The van der Waals surface area contributed by atoms with Crippen molar-refractivity contribution < 1.29 is 4.52 Å². The van der Waals surface area contributed by atoms with Crippen molar-refractivity contribution in [3.63, 3.8) is 0 Å². The fraction of sp³-hybridized carbons (Fsp3) is 0.267. The molecular weight excluding hydrogens is 266 g/mol. The van der Waals surface area contributed by atoms with Crippen LogP contribution in [0.5, 0.6) is 0 Å². The molecule has 6 heteroatoms. The van der Waals surface area contributed by atoms with Gasteiger partial charge in [-0.15, -0.1) is 0 Å². The Morgan fingerprint density at radius 3 is 3.10 bits per heavy atom. The monoisotopic (exact) mass is 281 g/mol. The molecule has 1 aliphatic heterocycles. The van der Waals surface area contributed by atoms with Crippen molar-refractivity contribution in [2.24, 2.45) is 7.05 Å². The SMILES string of the molecule is Cn1ccc(-c2noc(-c3ccc4c(c3)CCCN4)n2)n1. The summed E-state index contributed by atoms with van der Waals surface area (Å²) in [5, 5.41) is 11.7. The minimum absolute atomic E-state index is 0.515. The first-order valence-electron chi connectivity index (χ1n) is 7.00. The van der Waals surface area contributed by atoms with Crippen molar-refractivity contribution in [2.75, 3.05) is 11.9 Å². The quantitative estimate of drug-likeness (QED) is 0.781. The standard InChI is InChI=1S/C15H15N5O/c1-20-8-6-13(18-20)14-17-15(21-19-14)11-4-5-12-10(9-11)3-2-7-16-12/h4-6,8-9,16H,2-3,7H2,1H3. The van der Waals surface area contributed by atoms with E-state index in [0.29, 0.717) is 17.4 Å². The number of rotatable bonds is 2. The Kier molecular flexibility index (Phi) is 2.73. The molecule has 0 saturated heterocycles. The topological polar surface area (TPSA) is 68.8 Å². The minimum Gasteiger partial charge on any atom is -0.385 e. The van der Waals surface area contributed by atoms with Crippen molar-refractivity contribution in [3.05, 3.63) is 36.0 Å². The van der Waals surface area contributed by atoms with Crippen molar-refractivity contribution in [1.29, 1.82) is 0 Å². The van der Waals surface area contributed by atoms with Gasteiger partial charge in [0.1, 0.15) is 5.69 Å². The summed E-state index contributed by atoms with van der Waals surface area (Å²) in [5.74, 6) is 1.05. The second-order valence-corrected chi connectivity index (χ2v) is 5.20. The maximum absolute atomic E-state index is 5.37. The maximum atomic E-state index is 5.37. The van der Waals surface area contributed by atoms with Crippen LogP contribution in [0.2, 0.25) is 0 Å². The van der Waals surface area contributed by atoms with E-state index in [9.17, 15) is 0 Å². The Balaban J connectivity index is 1.69. The van der Waals surface area contributed by atoms with E-state index in [1.165, 1.54) is 11.3 Å². The van der Waals surface area contributed by atoms with Crippen LogP contribution in [0.15, 0.2) is 35.0 Å². The Morgan fingerprint density at radius 1 is 1.29 bits per heavy atom. The highest BCUT2D eigenvalue weighted by Gasteiger charge is 2.15. The summed E-state index contributed by atoms with van der Waals surface area (Å²) in [4.78, 5) is 4.44. The smallest absolute Gasteiger partial charge is 0.258 e. The molecule has 6 nitrogen and oxygen atoms in total. The Bertz CT molecular complexity index is 789. The summed E-state index contributed by atoms with van der Waals surface area (Å²) in [6.45, 7) is 1.04. The van der Waals surface area contributed by atoms with E-state index in [1.54, 1.807) is 4.68 Å². The lowest BCUT2D eigenvalue weighted by Gasteiger charge is -2.17. The van der Waals surface area contributed by atoms with E-state index in [4.69, 9.17) is 4.52 Å². The lowest BCUT2D eigenvalue weighted by Crippen LogP contribution is -2.11. The molecule has 0 radical (unpaired) electrons. The Labute approximate surface area is 121 Å². The van der Waals surface area contributed by atoms with Crippen LogP contribution >= 0.6 is 0 Å². The summed E-state index contributed by atoms with van der Waals surface area (Å²) < 4.78 is 7.09. The van der Waals surface area contributed by atoms with E-state index in [-0.39, 0.29) is 0 Å². The molecule has 3 heterocycles. The summed E-state index contributed by atoms with van der Waals surface area (Å²) in [6, 6.07) is 8.07. The van der Waals surface area contributed by atoms with Gasteiger partial charge < -0.3 is 9.84 Å². The normalized spacial score (nSPS) is 13.8. The van der Waals surface area contributed by atoms with Gasteiger partial charge in [-0.25, -0.2) is 0 Å². The van der Waals surface area contributed by atoms with E-state index in [1.807, 2.05) is 25.4 Å². The summed E-state index contributed by atoms with van der Waals surface area (Å²) in [5.41, 5.74) is 4.17. The third kappa shape index (κ3) is 2.18. The molecule has 0 aliphatic carbocycles. The summed E-state index contributed by atoms with van der Waals surface area (Å²) in [7, 11) is 1.86. The van der Waals surface area contributed by atoms with Gasteiger partial charge in [0.15, 0.2) is 0 Å². The molecular formula is C15H15N5O. The van der Waals surface area contributed by atoms with Crippen molar-refractivity contribution >= 4 is 5.69 Å². The van der Waals surface area contributed by atoms with Gasteiger partial charge in [-0.1, -0.05) is 5.16 Å². The van der Waals surface area contributed by atoms with E-state index in [0.717, 1.165) is 24.9 Å². The molecule has 0 bridgehead atoms. The predicted octanol–water partition coefficient (Wildman–Crippen LogP) is 2.50. The van der Waals surface area contributed by atoms with Crippen LogP contribution in [0.1, 0.15) is 12.0 Å². The second-order valence-electron chi connectivity index (χ2n) is 5.20. The molecule has 21 heavy (non-hydrogen) atoms. The lowest BCUT2D eigenvalue weighted by atomic mass is 10.0. The number of anilines is 1. The third-order valence-electron chi connectivity index (χ3n) is 3.66. The molecule has 0 amide bonds. The molecule has 3 aromatic rings.